The first-order valence-corrected chi connectivity index (χ1v) is 14.2. The van der Waals surface area contributed by atoms with E-state index >= 15 is 0 Å². The molecule has 1 saturated carbocycles. The van der Waals surface area contributed by atoms with Gasteiger partial charge in [0.2, 0.25) is 0 Å². The molecule has 7 nitrogen and oxygen atoms in total. The molecule has 9 heteroatoms. The van der Waals surface area contributed by atoms with Crippen molar-refractivity contribution in [3.8, 4) is 0 Å². The number of hydrogen-bond acceptors (Lipinski definition) is 7. The third-order valence-electron chi connectivity index (χ3n) is 7.77. The third kappa shape index (κ3) is 11.1. The highest BCUT2D eigenvalue weighted by Gasteiger charge is 2.47. The maximum absolute atomic E-state index is 14.5. The van der Waals surface area contributed by atoms with Crippen molar-refractivity contribution in [3.05, 3.63) is 0 Å². The van der Waals surface area contributed by atoms with E-state index in [9.17, 15) is 23.5 Å². The molecule has 1 aliphatic carbocycles. The number of aliphatic hydroxyl groups is 1. The molecule has 1 N–H and O–H groups in total. The van der Waals surface area contributed by atoms with Crippen molar-refractivity contribution in [3.63, 3.8) is 0 Å². The van der Waals surface area contributed by atoms with Crippen molar-refractivity contribution >= 4 is 11.9 Å². The predicted molar refractivity (Wildman–Crippen MR) is 135 cm³/mol. The molecule has 0 spiro atoms. The second kappa shape index (κ2) is 16.6. The SMILES string of the molecule is CCCCC(F)(F)C(O)CCC1C(OC2CCCCO2)CC(OC(C)=O)C1CCCCCCC(=O)OC. The van der Waals surface area contributed by atoms with Crippen LogP contribution in [-0.2, 0) is 28.5 Å². The van der Waals surface area contributed by atoms with Crippen LogP contribution in [0, 0.1) is 11.8 Å². The van der Waals surface area contributed by atoms with Crippen LogP contribution in [0.2, 0.25) is 0 Å². The number of hydrogen-bond donors (Lipinski definition) is 1. The predicted octanol–water partition coefficient (Wildman–Crippen LogP) is 5.95. The Bertz CT molecular complexity index is 669. The quantitative estimate of drug-likeness (QED) is 0.182. The minimum Gasteiger partial charge on any atom is -0.469 e. The molecule has 0 amide bonds. The molecule has 2 aliphatic rings. The lowest BCUT2D eigenvalue weighted by molar-refractivity contribution is -0.197. The van der Waals surface area contributed by atoms with Gasteiger partial charge in [-0.1, -0.05) is 32.6 Å². The van der Waals surface area contributed by atoms with E-state index in [4.69, 9.17) is 14.2 Å². The second-order valence-corrected chi connectivity index (χ2v) is 10.7. The number of halogens is 2. The summed E-state index contributed by atoms with van der Waals surface area (Å²) in [5, 5.41) is 10.4. The molecule has 216 valence electrons. The van der Waals surface area contributed by atoms with Crippen LogP contribution < -0.4 is 0 Å². The molecule has 1 aliphatic heterocycles. The summed E-state index contributed by atoms with van der Waals surface area (Å²) in [5.41, 5.74) is 0. The van der Waals surface area contributed by atoms with Gasteiger partial charge in [0.1, 0.15) is 12.2 Å². The molecule has 0 aromatic carbocycles. The van der Waals surface area contributed by atoms with Gasteiger partial charge in [0, 0.05) is 38.7 Å². The zero-order valence-corrected chi connectivity index (χ0v) is 22.9. The van der Waals surface area contributed by atoms with Crippen LogP contribution >= 0.6 is 0 Å². The monoisotopic (exact) mass is 534 g/mol. The molecule has 0 aromatic heterocycles. The van der Waals surface area contributed by atoms with Crippen LogP contribution in [0.15, 0.2) is 0 Å². The summed E-state index contributed by atoms with van der Waals surface area (Å²) in [7, 11) is 1.38. The lowest BCUT2D eigenvalue weighted by atomic mass is 9.84. The number of carbonyl (C=O) groups is 2. The van der Waals surface area contributed by atoms with Crippen molar-refractivity contribution in [2.75, 3.05) is 13.7 Å². The van der Waals surface area contributed by atoms with Crippen LogP contribution in [0.3, 0.4) is 0 Å². The number of aliphatic hydroxyl groups excluding tert-OH is 1. The number of unbranched alkanes of at least 4 members (excludes halogenated alkanes) is 4. The standard InChI is InChI=1S/C28H48F2O7/c1-4-5-17-28(29,30)25(32)16-15-22-21(12-8-6-7-9-13-26(33)34-3)23(36-20(2)31)19-24(22)37-27-14-10-11-18-35-27/h21-25,27,32H,4-19H2,1-3H3. The lowest BCUT2D eigenvalue weighted by Gasteiger charge is -2.32. The molecule has 0 radical (unpaired) electrons. The molecule has 1 saturated heterocycles. The first kappa shape index (κ1) is 31.9. The lowest BCUT2D eigenvalue weighted by Crippen LogP contribution is -2.36. The Balaban J connectivity index is 2.06. The number of rotatable bonds is 17. The van der Waals surface area contributed by atoms with E-state index < -0.39 is 12.0 Å². The van der Waals surface area contributed by atoms with E-state index in [1.54, 1.807) is 0 Å². The zero-order valence-electron chi connectivity index (χ0n) is 22.9. The Labute approximate surface area is 220 Å². The molecule has 2 fully saturated rings. The van der Waals surface area contributed by atoms with Gasteiger partial charge in [0.05, 0.1) is 13.2 Å². The van der Waals surface area contributed by atoms with E-state index in [1.807, 2.05) is 6.92 Å². The summed E-state index contributed by atoms with van der Waals surface area (Å²) in [5.74, 6) is -3.88. The number of ether oxygens (including phenoxy) is 4. The number of methoxy groups -OCH3 is 1. The molecule has 0 bridgehead atoms. The fraction of sp³-hybridized carbons (Fsp3) is 0.929. The summed E-state index contributed by atoms with van der Waals surface area (Å²) in [6, 6.07) is 0. The van der Waals surface area contributed by atoms with Crippen molar-refractivity contribution in [1.82, 2.24) is 0 Å². The largest absolute Gasteiger partial charge is 0.469 e. The maximum atomic E-state index is 14.5. The van der Waals surface area contributed by atoms with Gasteiger partial charge in [-0.2, -0.15) is 0 Å². The van der Waals surface area contributed by atoms with Gasteiger partial charge in [-0.05, 0) is 57.3 Å². The van der Waals surface area contributed by atoms with Crippen LogP contribution in [0.5, 0.6) is 0 Å². The summed E-state index contributed by atoms with van der Waals surface area (Å²) < 4.78 is 51.5. The van der Waals surface area contributed by atoms with Gasteiger partial charge >= 0.3 is 11.9 Å². The van der Waals surface area contributed by atoms with Gasteiger partial charge < -0.3 is 24.1 Å². The zero-order chi connectivity index (χ0) is 27.3. The van der Waals surface area contributed by atoms with E-state index in [2.05, 4.69) is 4.74 Å². The van der Waals surface area contributed by atoms with E-state index in [0.29, 0.717) is 38.7 Å². The van der Waals surface area contributed by atoms with Crippen LogP contribution in [0.4, 0.5) is 8.78 Å². The van der Waals surface area contributed by atoms with E-state index in [-0.39, 0.29) is 55.1 Å². The highest BCUT2D eigenvalue weighted by atomic mass is 19.3. The molecular weight excluding hydrogens is 486 g/mol. The molecule has 6 unspecified atom stereocenters. The number of alkyl halides is 2. The summed E-state index contributed by atoms with van der Waals surface area (Å²) in [6.45, 7) is 3.87. The molecular formula is C28H48F2O7. The highest BCUT2D eigenvalue weighted by molar-refractivity contribution is 5.69. The minimum absolute atomic E-state index is 0.0326. The molecule has 0 aromatic rings. The normalized spacial score (nSPS) is 27.1. The van der Waals surface area contributed by atoms with Crippen molar-refractivity contribution < 1.29 is 42.4 Å². The van der Waals surface area contributed by atoms with Gasteiger partial charge in [-0.15, -0.1) is 0 Å². The van der Waals surface area contributed by atoms with Crippen molar-refractivity contribution in [1.29, 1.82) is 0 Å². The van der Waals surface area contributed by atoms with Gasteiger partial charge in [-0.3, -0.25) is 9.59 Å². The molecule has 1 heterocycles. The average molecular weight is 535 g/mol. The number of esters is 2. The first-order chi connectivity index (χ1) is 17.7. The first-order valence-electron chi connectivity index (χ1n) is 14.2. The average Bonchev–Trinajstić information content (AvgIpc) is 3.18. The Morgan fingerprint density at radius 2 is 1.78 bits per heavy atom. The van der Waals surface area contributed by atoms with E-state index in [0.717, 1.165) is 51.4 Å². The van der Waals surface area contributed by atoms with Crippen molar-refractivity contribution in [2.45, 2.75) is 141 Å². The van der Waals surface area contributed by atoms with Gasteiger partial charge in [-0.25, -0.2) is 8.78 Å². The van der Waals surface area contributed by atoms with Gasteiger partial charge in [0.25, 0.3) is 5.92 Å². The fourth-order valence-corrected chi connectivity index (χ4v) is 5.69. The van der Waals surface area contributed by atoms with Crippen LogP contribution in [0.1, 0.15) is 110 Å². The Morgan fingerprint density at radius 3 is 2.43 bits per heavy atom. The van der Waals surface area contributed by atoms with E-state index in [1.165, 1.54) is 14.0 Å². The van der Waals surface area contributed by atoms with Crippen molar-refractivity contribution in [2.24, 2.45) is 11.8 Å². The maximum Gasteiger partial charge on any atom is 0.305 e. The van der Waals surface area contributed by atoms with Crippen LogP contribution in [0.25, 0.3) is 0 Å². The Hall–Kier alpha value is -1.32. The van der Waals surface area contributed by atoms with Crippen LogP contribution in [-0.4, -0.2) is 61.3 Å². The van der Waals surface area contributed by atoms with Gasteiger partial charge in [0.15, 0.2) is 6.29 Å². The third-order valence-corrected chi connectivity index (χ3v) is 7.77. The Morgan fingerprint density at radius 1 is 1.05 bits per heavy atom. The smallest absolute Gasteiger partial charge is 0.305 e. The number of carbonyl (C=O) groups excluding carboxylic acids is 2. The molecule has 37 heavy (non-hydrogen) atoms. The summed E-state index contributed by atoms with van der Waals surface area (Å²) in [6.07, 6.45) is 6.15. The summed E-state index contributed by atoms with van der Waals surface area (Å²) in [4.78, 5) is 23.2. The topological polar surface area (TPSA) is 91.3 Å². The summed E-state index contributed by atoms with van der Waals surface area (Å²) >= 11 is 0. The minimum atomic E-state index is -3.12. The molecule has 2 rings (SSSR count). The highest BCUT2D eigenvalue weighted by Crippen LogP contribution is 2.44. The molecule has 6 atom stereocenters. The fourth-order valence-electron chi connectivity index (χ4n) is 5.69. The second-order valence-electron chi connectivity index (χ2n) is 10.7. The Kier molecular flexibility index (Phi) is 14.3.